The predicted octanol–water partition coefficient (Wildman–Crippen LogP) is 1.48. The van der Waals surface area contributed by atoms with E-state index >= 15 is 0 Å². The third kappa shape index (κ3) is 2.46. The van der Waals surface area contributed by atoms with Gasteiger partial charge in [-0.3, -0.25) is 10.2 Å². The van der Waals surface area contributed by atoms with E-state index in [1.54, 1.807) is 6.07 Å². The van der Waals surface area contributed by atoms with E-state index in [0.717, 1.165) is 16.7 Å². The second-order valence-corrected chi connectivity index (χ2v) is 3.61. The molecule has 0 aromatic heterocycles. The normalized spacial score (nSPS) is 9.64. The smallest absolute Gasteiger partial charge is 0.267 e. The van der Waals surface area contributed by atoms with Gasteiger partial charge in [-0.05, 0) is 25.1 Å². The Labute approximate surface area is 91.0 Å². The summed E-state index contributed by atoms with van der Waals surface area (Å²) < 4.78 is 0.845. The molecular weight excluding hydrogens is 246 g/mol. The molecule has 0 aliphatic carbocycles. The number of nitrogens with one attached hydrogen (secondary N) is 2. The fourth-order valence-electron chi connectivity index (χ4n) is 1.13. The second kappa shape index (κ2) is 4.97. The van der Waals surface area contributed by atoms with Crippen LogP contribution in [0.3, 0.4) is 0 Å². The van der Waals surface area contributed by atoms with Crippen molar-refractivity contribution >= 4 is 27.5 Å². The van der Waals surface area contributed by atoms with E-state index in [1.807, 2.05) is 19.1 Å². The molecule has 1 amide bonds. The maximum atomic E-state index is 11.4. The van der Waals surface area contributed by atoms with Gasteiger partial charge >= 0.3 is 0 Å². The first-order valence-electron chi connectivity index (χ1n) is 4.23. The van der Waals surface area contributed by atoms with Gasteiger partial charge in [0.05, 0.1) is 5.56 Å². The van der Waals surface area contributed by atoms with Crippen LogP contribution in [0.1, 0.15) is 17.3 Å². The summed E-state index contributed by atoms with van der Waals surface area (Å²) >= 11 is 3.30. The summed E-state index contributed by atoms with van der Waals surface area (Å²) in [5, 5.41) is 3.08. The zero-order chi connectivity index (χ0) is 10.6. The minimum Gasteiger partial charge on any atom is -0.385 e. The van der Waals surface area contributed by atoms with Crippen molar-refractivity contribution in [2.75, 3.05) is 11.9 Å². The predicted molar refractivity (Wildman–Crippen MR) is 60.0 cm³/mol. The number of benzene rings is 1. The fourth-order valence-corrected chi connectivity index (χ4v) is 1.49. The van der Waals surface area contributed by atoms with E-state index in [-0.39, 0.29) is 5.91 Å². The van der Waals surface area contributed by atoms with Gasteiger partial charge in [-0.15, -0.1) is 0 Å². The Morgan fingerprint density at radius 3 is 2.86 bits per heavy atom. The molecule has 0 bridgehead atoms. The zero-order valence-electron chi connectivity index (χ0n) is 7.80. The highest BCUT2D eigenvalue weighted by Crippen LogP contribution is 2.20. The Kier molecular flexibility index (Phi) is 3.91. The molecule has 76 valence electrons. The number of nitrogen functional groups attached to an aromatic ring is 1. The lowest BCUT2D eigenvalue weighted by Gasteiger charge is -2.09. The van der Waals surface area contributed by atoms with Crippen molar-refractivity contribution in [2.24, 2.45) is 5.84 Å². The van der Waals surface area contributed by atoms with Crippen LogP contribution in [-0.4, -0.2) is 12.5 Å². The minimum atomic E-state index is -0.303. The monoisotopic (exact) mass is 257 g/mol. The molecular formula is C9H12BrN3O. The van der Waals surface area contributed by atoms with Gasteiger partial charge in [-0.25, -0.2) is 5.84 Å². The number of anilines is 1. The first kappa shape index (κ1) is 11.0. The summed E-state index contributed by atoms with van der Waals surface area (Å²) in [5.74, 6) is 4.77. The van der Waals surface area contributed by atoms with Gasteiger partial charge in [0.1, 0.15) is 0 Å². The van der Waals surface area contributed by atoms with Crippen molar-refractivity contribution < 1.29 is 4.79 Å². The average molecular weight is 258 g/mol. The topological polar surface area (TPSA) is 67.2 Å². The Bertz CT molecular complexity index is 341. The maximum Gasteiger partial charge on any atom is 0.267 e. The first-order chi connectivity index (χ1) is 6.69. The molecule has 1 aromatic carbocycles. The van der Waals surface area contributed by atoms with Gasteiger partial charge in [0.15, 0.2) is 0 Å². The number of hydrazine groups is 1. The molecule has 0 aliphatic heterocycles. The van der Waals surface area contributed by atoms with Gasteiger partial charge in [-0.1, -0.05) is 15.9 Å². The molecule has 0 radical (unpaired) electrons. The Morgan fingerprint density at radius 2 is 2.29 bits per heavy atom. The lowest BCUT2D eigenvalue weighted by Crippen LogP contribution is -2.30. The number of carbonyl (C=O) groups is 1. The van der Waals surface area contributed by atoms with Gasteiger partial charge in [0.2, 0.25) is 0 Å². The SMILES string of the molecule is CCNc1ccc(Br)cc1C(=O)NN. The van der Waals surface area contributed by atoms with Crippen molar-refractivity contribution in [1.82, 2.24) is 5.43 Å². The van der Waals surface area contributed by atoms with E-state index in [9.17, 15) is 4.79 Å². The van der Waals surface area contributed by atoms with E-state index in [2.05, 4.69) is 26.7 Å². The van der Waals surface area contributed by atoms with Crippen molar-refractivity contribution in [3.8, 4) is 0 Å². The highest BCUT2D eigenvalue weighted by Gasteiger charge is 2.09. The standard InChI is InChI=1S/C9H12BrN3O/c1-2-12-8-4-3-6(10)5-7(8)9(14)13-11/h3-5,12H,2,11H2,1H3,(H,13,14). The lowest BCUT2D eigenvalue weighted by molar-refractivity contribution is 0.0954. The van der Waals surface area contributed by atoms with E-state index in [0.29, 0.717) is 5.56 Å². The van der Waals surface area contributed by atoms with Crippen LogP contribution in [0.4, 0.5) is 5.69 Å². The summed E-state index contributed by atoms with van der Waals surface area (Å²) in [4.78, 5) is 11.4. The Hall–Kier alpha value is -1.07. The molecule has 4 nitrogen and oxygen atoms in total. The molecule has 14 heavy (non-hydrogen) atoms. The number of nitrogens with two attached hydrogens (primary N) is 1. The van der Waals surface area contributed by atoms with Crippen molar-refractivity contribution in [3.05, 3.63) is 28.2 Å². The van der Waals surface area contributed by atoms with Gasteiger partial charge in [-0.2, -0.15) is 0 Å². The summed E-state index contributed by atoms with van der Waals surface area (Å²) in [5.41, 5.74) is 3.42. The number of rotatable bonds is 3. The summed E-state index contributed by atoms with van der Waals surface area (Å²) in [7, 11) is 0. The molecule has 0 saturated carbocycles. The molecule has 0 atom stereocenters. The summed E-state index contributed by atoms with van der Waals surface area (Å²) in [6, 6.07) is 5.42. The molecule has 4 N–H and O–H groups in total. The van der Waals surface area contributed by atoms with Crippen LogP contribution in [0.15, 0.2) is 22.7 Å². The minimum absolute atomic E-state index is 0.303. The zero-order valence-corrected chi connectivity index (χ0v) is 9.39. The van der Waals surface area contributed by atoms with Crippen LogP contribution in [0.2, 0.25) is 0 Å². The molecule has 0 saturated heterocycles. The van der Waals surface area contributed by atoms with Gasteiger partial charge in [0.25, 0.3) is 5.91 Å². The van der Waals surface area contributed by atoms with Crippen LogP contribution >= 0.6 is 15.9 Å². The van der Waals surface area contributed by atoms with Gasteiger partial charge in [0, 0.05) is 16.7 Å². The lowest BCUT2D eigenvalue weighted by atomic mass is 10.1. The van der Waals surface area contributed by atoms with Crippen LogP contribution in [0, 0.1) is 0 Å². The Balaban J connectivity index is 3.08. The quantitative estimate of drug-likeness (QED) is 0.437. The van der Waals surface area contributed by atoms with E-state index < -0.39 is 0 Å². The fraction of sp³-hybridized carbons (Fsp3) is 0.222. The van der Waals surface area contributed by atoms with Crippen LogP contribution in [0.25, 0.3) is 0 Å². The molecule has 1 rings (SSSR count). The molecule has 5 heteroatoms. The van der Waals surface area contributed by atoms with Gasteiger partial charge < -0.3 is 5.32 Å². The number of carbonyl (C=O) groups excluding carboxylic acids is 1. The number of hydrogen-bond donors (Lipinski definition) is 3. The van der Waals surface area contributed by atoms with Crippen LogP contribution in [-0.2, 0) is 0 Å². The van der Waals surface area contributed by atoms with E-state index in [4.69, 9.17) is 5.84 Å². The highest BCUT2D eigenvalue weighted by atomic mass is 79.9. The summed E-state index contributed by atoms with van der Waals surface area (Å²) in [6.07, 6.45) is 0. The maximum absolute atomic E-state index is 11.4. The van der Waals surface area contributed by atoms with E-state index in [1.165, 1.54) is 0 Å². The third-order valence-corrected chi connectivity index (χ3v) is 2.22. The average Bonchev–Trinajstić information content (AvgIpc) is 2.20. The van der Waals surface area contributed by atoms with Crippen molar-refractivity contribution in [3.63, 3.8) is 0 Å². The number of amides is 1. The second-order valence-electron chi connectivity index (χ2n) is 2.69. The van der Waals surface area contributed by atoms with Crippen LogP contribution < -0.4 is 16.6 Å². The first-order valence-corrected chi connectivity index (χ1v) is 5.02. The Morgan fingerprint density at radius 1 is 1.57 bits per heavy atom. The molecule has 1 aromatic rings. The summed E-state index contributed by atoms with van der Waals surface area (Å²) in [6.45, 7) is 2.72. The number of hydrogen-bond acceptors (Lipinski definition) is 3. The van der Waals surface area contributed by atoms with Crippen LogP contribution in [0.5, 0.6) is 0 Å². The highest BCUT2D eigenvalue weighted by molar-refractivity contribution is 9.10. The van der Waals surface area contributed by atoms with Crippen molar-refractivity contribution in [1.29, 1.82) is 0 Å². The molecule has 0 spiro atoms. The molecule has 0 aliphatic rings. The largest absolute Gasteiger partial charge is 0.385 e. The van der Waals surface area contributed by atoms with Crippen molar-refractivity contribution in [2.45, 2.75) is 6.92 Å². The molecule has 0 fully saturated rings. The third-order valence-electron chi connectivity index (χ3n) is 1.72. The molecule has 0 heterocycles. The number of halogens is 1. The molecule has 0 unspecified atom stereocenters.